The van der Waals surface area contributed by atoms with Gasteiger partial charge in [0.2, 0.25) is 0 Å². The molecule has 4 nitrogen and oxygen atoms in total. The van der Waals surface area contributed by atoms with Crippen molar-refractivity contribution in [2.24, 2.45) is 23.2 Å². The second-order valence-electron chi connectivity index (χ2n) is 14.0. The molecule has 3 aromatic carbocycles. The van der Waals surface area contributed by atoms with E-state index in [4.69, 9.17) is 13.9 Å². The Kier molecular flexibility index (Phi) is 10.9. The van der Waals surface area contributed by atoms with Gasteiger partial charge < -0.3 is 13.9 Å². The summed E-state index contributed by atoms with van der Waals surface area (Å²) in [6.45, 7) is 10.3. The number of carbonyl (C=O) groups excluding carboxylic acids is 1. The summed E-state index contributed by atoms with van der Waals surface area (Å²) in [4.78, 5) is 13.7. The number of rotatable bonds is 11. The average Bonchev–Trinajstić information content (AvgIpc) is 3.06. The van der Waals surface area contributed by atoms with Gasteiger partial charge in [-0.25, -0.2) is 0 Å². The Morgan fingerprint density at radius 3 is 2.04 bits per heavy atom. The van der Waals surface area contributed by atoms with Crippen molar-refractivity contribution < 1.29 is 18.7 Å². The molecule has 6 heteroatoms. The van der Waals surface area contributed by atoms with Crippen LogP contribution in [-0.4, -0.2) is 34.1 Å². The van der Waals surface area contributed by atoms with Crippen molar-refractivity contribution in [3.05, 3.63) is 107 Å². The lowest BCUT2D eigenvalue weighted by atomic mass is 9.55. The number of benzene rings is 3. The van der Waals surface area contributed by atoms with Crippen molar-refractivity contribution >= 4 is 40.6 Å². The first-order valence-electron chi connectivity index (χ1n) is 16.5. The molecule has 45 heavy (non-hydrogen) atoms. The van der Waals surface area contributed by atoms with Crippen LogP contribution in [-0.2, 0) is 25.3 Å². The SMILES string of the molecule is COC(=O)[C@@]1(C)[C@@H]2CCC[C@H](OCc3ccccc3)[C@H]2C(Br)=C[C@H]1CCCO[Si](c1ccccc1)(c1ccccc1)C(C)(C)C. The molecule has 3 aromatic rings. The van der Waals surface area contributed by atoms with Crippen LogP contribution in [0.5, 0.6) is 0 Å². The molecule has 0 saturated heterocycles. The molecule has 0 heterocycles. The molecule has 2 aliphatic carbocycles. The summed E-state index contributed by atoms with van der Waals surface area (Å²) < 4.78 is 20.5. The van der Waals surface area contributed by atoms with E-state index in [9.17, 15) is 4.79 Å². The smallest absolute Gasteiger partial charge is 0.312 e. The van der Waals surface area contributed by atoms with Gasteiger partial charge in [0.25, 0.3) is 8.32 Å². The van der Waals surface area contributed by atoms with Crippen LogP contribution >= 0.6 is 15.9 Å². The maximum atomic E-state index is 13.7. The van der Waals surface area contributed by atoms with E-state index in [-0.39, 0.29) is 34.9 Å². The minimum atomic E-state index is -2.62. The fourth-order valence-corrected chi connectivity index (χ4v) is 13.7. The Morgan fingerprint density at radius 2 is 1.49 bits per heavy atom. The highest BCUT2D eigenvalue weighted by Crippen LogP contribution is 2.56. The number of hydrogen-bond acceptors (Lipinski definition) is 4. The van der Waals surface area contributed by atoms with Gasteiger partial charge in [0.1, 0.15) is 0 Å². The van der Waals surface area contributed by atoms with Crippen LogP contribution in [0.4, 0.5) is 0 Å². The fourth-order valence-electron chi connectivity index (χ4n) is 8.11. The molecule has 1 saturated carbocycles. The molecule has 0 unspecified atom stereocenters. The second-order valence-corrected chi connectivity index (χ2v) is 19.2. The van der Waals surface area contributed by atoms with E-state index in [0.29, 0.717) is 13.2 Å². The Hall–Kier alpha value is -2.51. The summed E-state index contributed by atoms with van der Waals surface area (Å²) in [5.74, 6) is 0.198. The summed E-state index contributed by atoms with van der Waals surface area (Å²) in [6.07, 6.45) is 7.06. The van der Waals surface area contributed by atoms with Gasteiger partial charge in [0, 0.05) is 12.5 Å². The molecule has 5 atom stereocenters. The molecule has 0 spiro atoms. The van der Waals surface area contributed by atoms with Crippen LogP contribution in [0.15, 0.2) is 102 Å². The van der Waals surface area contributed by atoms with Crippen molar-refractivity contribution in [1.29, 1.82) is 0 Å². The van der Waals surface area contributed by atoms with Crippen molar-refractivity contribution in [3.8, 4) is 0 Å². The fraction of sp³-hybridized carbons (Fsp3) is 0.462. The molecule has 5 rings (SSSR count). The van der Waals surface area contributed by atoms with Gasteiger partial charge in [-0.05, 0) is 69.9 Å². The lowest BCUT2D eigenvalue weighted by molar-refractivity contribution is -0.165. The molecule has 2 aliphatic rings. The van der Waals surface area contributed by atoms with E-state index in [2.05, 4.69) is 135 Å². The second kappa shape index (κ2) is 14.5. The first kappa shape index (κ1) is 33.8. The number of ether oxygens (including phenoxy) is 2. The third-order valence-electron chi connectivity index (χ3n) is 10.4. The summed E-state index contributed by atoms with van der Waals surface area (Å²) in [7, 11) is -1.09. The molecule has 240 valence electrons. The summed E-state index contributed by atoms with van der Waals surface area (Å²) >= 11 is 3.99. The molecular formula is C39H49BrO4Si. The zero-order valence-corrected chi connectivity index (χ0v) is 30.1. The highest BCUT2D eigenvalue weighted by atomic mass is 79.9. The highest BCUT2D eigenvalue weighted by molar-refractivity contribution is 9.11. The number of allylic oxidation sites excluding steroid dienone is 1. The van der Waals surface area contributed by atoms with E-state index in [0.717, 1.165) is 32.1 Å². The molecule has 0 aromatic heterocycles. The van der Waals surface area contributed by atoms with Crippen molar-refractivity contribution in [1.82, 2.24) is 0 Å². The molecule has 0 amide bonds. The zero-order chi connectivity index (χ0) is 32.1. The number of methoxy groups -OCH3 is 1. The predicted octanol–water partition coefficient (Wildman–Crippen LogP) is 8.43. The Labute approximate surface area is 279 Å². The van der Waals surface area contributed by atoms with Gasteiger partial charge in [-0.2, -0.15) is 0 Å². The van der Waals surface area contributed by atoms with E-state index < -0.39 is 13.7 Å². The number of fused-ring (bicyclic) bond motifs is 1. The lowest BCUT2D eigenvalue weighted by Crippen LogP contribution is -2.66. The van der Waals surface area contributed by atoms with Gasteiger partial charge in [-0.1, -0.05) is 140 Å². The molecule has 0 radical (unpaired) electrons. The van der Waals surface area contributed by atoms with Crippen LogP contribution in [0.3, 0.4) is 0 Å². The first-order valence-corrected chi connectivity index (χ1v) is 19.2. The third kappa shape index (κ3) is 6.81. The van der Waals surface area contributed by atoms with Gasteiger partial charge >= 0.3 is 5.97 Å². The first-order chi connectivity index (χ1) is 21.6. The van der Waals surface area contributed by atoms with E-state index in [1.54, 1.807) is 0 Å². The minimum absolute atomic E-state index is 0.0382. The van der Waals surface area contributed by atoms with Gasteiger partial charge in [-0.3, -0.25) is 4.79 Å². The van der Waals surface area contributed by atoms with E-state index >= 15 is 0 Å². The number of carbonyl (C=O) groups is 1. The Bertz CT molecular complexity index is 1380. The monoisotopic (exact) mass is 688 g/mol. The van der Waals surface area contributed by atoms with Crippen molar-refractivity contribution in [2.75, 3.05) is 13.7 Å². The molecule has 0 bridgehead atoms. The van der Waals surface area contributed by atoms with E-state index in [1.807, 2.05) is 6.07 Å². The normalized spacial score (nSPS) is 25.2. The standard InChI is InChI=1S/C39H49BrO4Si/c1-38(2,3)45(31-20-11-7-12-21-31,32-22-13-8-14-23-32)44-26-16-19-30-27-34(40)36-33(39(30,4)37(41)42-5)24-15-25-35(36)43-28-29-17-9-6-10-18-29/h6-14,17-18,20-23,27,30,33,35-36H,15-16,19,24-26,28H2,1-5H3/t30-,33-,35+,36-,39-/m1/s1. The van der Waals surface area contributed by atoms with Gasteiger partial charge in [-0.15, -0.1) is 0 Å². The van der Waals surface area contributed by atoms with Crippen LogP contribution in [0.2, 0.25) is 5.04 Å². The van der Waals surface area contributed by atoms with E-state index in [1.165, 1.54) is 27.5 Å². The van der Waals surface area contributed by atoms with Crippen molar-refractivity contribution in [2.45, 2.75) is 77.5 Å². The van der Waals surface area contributed by atoms with Crippen LogP contribution in [0.25, 0.3) is 0 Å². The summed E-state index contributed by atoms with van der Waals surface area (Å²) in [5, 5.41) is 2.50. The topological polar surface area (TPSA) is 44.8 Å². The Balaban J connectivity index is 1.37. The van der Waals surface area contributed by atoms with Gasteiger partial charge in [0.15, 0.2) is 0 Å². The molecular weight excluding hydrogens is 640 g/mol. The quantitative estimate of drug-likeness (QED) is 0.115. The van der Waals surface area contributed by atoms with Crippen LogP contribution < -0.4 is 10.4 Å². The average molecular weight is 690 g/mol. The molecule has 0 N–H and O–H groups in total. The highest BCUT2D eigenvalue weighted by Gasteiger charge is 2.56. The Morgan fingerprint density at radius 1 is 0.911 bits per heavy atom. The van der Waals surface area contributed by atoms with Crippen molar-refractivity contribution in [3.63, 3.8) is 0 Å². The minimum Gasteiger partial charge on any atom is -0.469 e. The summed E-state index contributed by atoms with van der Waals surface area (Å²) in [6, 6.07) is 31.9. The summed E-state index contributed by atoms with van der Waals surface area (Å²) in [5.41, 5.74) is 0.535. The third-order valence-corrected chi connectivity index (χ3v) is 16.2. The zero-order valence-electron chi connectivity index (χ0n) is 27.5. The largest absolute Gasteiger partial charge is 0.469 e. The molecule has 0 aliphatic heterocycles. The number of hydrogen-bond donors (Lipinski definition) is 0. The maximum Gasteiger partial charge on any atom is 0.312 e. The number of halogens is 1. The van der Waals surface area contributed by atoms with Gasteiger partial charge in [0.05, 0.1) is 25.2 Å². The lowest BCUT2D eigenvalue weighted by Gasteiger charge is -2.51. The number of esters is 1. The van der Waals surface area contributed by atoms with Crippen LogP contribution in [0, 0.1) is 23.2 Å². The maximum absolute atomic E-state index is 13.7. The molecule has 1 fully saturated rings. The predicted molar refractivity (Wildman–Crippen MR) is 189 cm³/mol. The van der Waals surface area contributed by atoms with Crippen LogP contribution in [0.1, 0.15) is 65.4 Å².